The zero-order valence-electron chi connectivity index (χ0n) is 13.5. The van der Waals surface area contributed by atoms with Gasteiger partial charge >= 0.3 is 0 Å². The van der Waals surface area contributed by atoms with E-state index in [1.54, 1.807) is 17.4 Å². The van der Waals surface area contributed by atoms with E-state index in [0.717, 1.165) is 29.5 Å². The number of aromatic amines is 1. The van der Waals surface area contributed by atoms with E-state index in [-0.39, 0.29) is 11.7 Å². The summed E-state index contributed by atoms with van der Waals surface area (Å²) < 4.78 is 13.9. The highest BCUT2D eigenvalue weighted by molar-refractivity contribution is 7.07. The summed E-state index contributed by atoms with van der Waals surface area (Å²) in [6, 6.07) is 7.45. The average molecular weight is 342 g/mol. The van der Waals surface area contributed by atoms with Crippen LogP contribution in [0, 0.1) is 12.7 Å². The Bertz CT molecular complexity index is 880. The maximum absolute atomic E-state index is 13.9. The lowest BCUT2D eigenvalue weighted by atomic mass is 10.1. The molecule has 2 heterocycles. The first-order valence-electron chi connectivity index (χ1n) is 8.19. The van der Waals surface area contributed by atoms with Gasteiger partial charge in [0.25, 0.3) is 0 Å². The van der Waals surface area contributed by atoms with Crippen LogP contribution in [0.25, 0.3) is 10.9 Å². The van der Waals surface area contributed by atoms with Crippen LogP contribution in [0.1, 0.15) is 29.7 Å². The number of nitrogens with zero attached hydrogens (tertiary/aromatic N) is 1. The highest BCUT2D eigenvalue weighted by Gasteiger charge is 2.33. The number of halogens is 1. The van der Waals surface area contributed by atoms with Crippen molar-refractivity contribution in [2.24, 2.45) is 0 Å². The summed E-state index contributed by atoms with van der Waals surface area (Å²) in [6.07, 6.45) is 2.48. The number of aryl methyl sites for hydroxylation is 1. The third-order valence-corrected chi connectivity index (χ3v) is 5.40. The largest absolute Gasteiger partial charge is 0.356 e. The molecule has 1 saturated carbocycles. The van der Waals surface area contributed by atoms with Gasteiger partial charge in [0.15, 0.2) is 0 Å². The van der Waals surface area contributed by atoms with Crippen molar-refractivity contribution in [3.8, 4) is 0 Å². The molecule has 0 bridgehead atoms. The first-order chi connectivity index (χ1) is 11.6. The second-order valence-corrected chi connectivity index (χ2v) is 7.23. The fourth-order valence-corrected chi connectivity index (χ4v) is 3.89. The zero-order chi connectivity index (χ0) is 16.7. The standard InChI is InChI=1S/C19H19FN2OS/c1-12-16(15-3-2-4-17(20)19(15)21-12)9-18(23)22(14-5-6-14)10-13-7-8-24-11-13/h2-4,7-8,11,14,21H,5-6,9-10H2,1H3. The lowest BCUT2D eigenvalue weighted by molar-refractivity contribution is -0.131. The van der Waals surface area contributed by atoms with Crippen LogP contribution < -0.4 is 0 Å². The van der Waals surface area contributed by atoms with Gasteiger partial charge in [0.05, 0.1) is 11.9 Å². The Morgan fingerprint density at radius 3 is 2.92 bits per heavy atom. The van der Waals surface area contributed by atoms with E-state index < -0.39 is 0 Å². The van der Waals surface area contributed by atoms with Crippen LogP contribution in [0.4, 0.5) is 4.39 Å². The van der Waals surface area contributed by atoms with Gasteiger partial charge in [-0.3, -0.25) is 4.79 Å². The third kappa shape index (κ3) is 2.84. The minimum atomic E-state index is -0.272. The van der Waals surface area contributed by atoms with Crippen LogP contribution in [-0.4, -0.2) is 21.8 Å². The Kier molecular flexibility index (Phi) is 3.88. The van der Waals surface area contributed by atoms with Gasteiger partial charge in [0, 0.05) is 23.7 Å². The van der Waals surface area contributed by atoms with Gasteiger partial charge in [-0.25, -0.2) is 4.39 Å². The molecule has 124 valence electrons. The SMILES string of the molecule is Cc1[nH]c2c(F)cccc2c1CC(=O)N(Cc1ccsc1)C1CC1. The molecule has 3 aromatic rings. The van der Waals surface area contributed by atoms with Crippen LogP contribution in [0.2, 0.25) is 0 Å². The number of thiophene rings is 1. The van der Waals surface area contributed by atoms with Gasteiger partial charge in [-0.15, -0.1) is 0 Å². The van der Waals surface area contributed by atoms with E-state index in [2.05, 4.69) is 16.4 Å². The van der Waals surface area contributed by atoms with Crippen LogP contribution >= 0.6 is 11.3 Å². The van der Waals surface area contributed by atoms with Crippen molar-refractivity contribution in [1.82, 2.24) is 9.88 Å². The second kappa shape index (κ2) is 6.06. The number of carbonyl (C=O) groups excluding carboxylic acids is 1. The molecule has 1 aromatic carbocycles. The van der Waals surface area contributed by atoms with Crippen LogP contribution in [-0.2, 0) is 17.8 Å². The molecule has 0 radical (unpaired) electrons. The molecule has 24 heavy (non-hydrogen) atoms. The second-order valence-electron chi connectivity index (χ2n) is 6.45. The van der Waals surface area contributed by atoms with E-state index in [1.165, 1.54) is 11.6 Å². The van der Waals surface area contributed by atoms with Crippen LogP contribution in [0.15, 0.2) is 35.0 Å². The van der Waals surface area contributed by atoms with Crippen molar-refractivity contribution in [1.29, 1.82) is 0 Å². The Balaban J connectivity index is 1.61. The van der Waals surface area contributed by atoms with E-state index >= 15 is 0 Å². The smallest absolute Gasteiger partial charge is 0.227 e. The van der Waals surface area contributed by atoms with Gasteiger partial charge in [-0.2, -0.15) is 11.3 Å². The number of H-pyrrole nitrogens is 1. The summed E-state index contributed by atoms with van der Waals surface area (Å²) in [5.41, 5.74) is 3.45. The van der Waals surface area contributed by atoms with E-state index in [1.807, 2.05) is 23.3 Å². The molecule has 1 N–H and O–H groups in total. The minimum absolute atomic E-state index is 0.122. The lowest BCUT2D eigenvalue weighted by Gasteiger charge is -2.22. The van der Waals surface area contributed by atoms with Gasteiger partial charge < -0.3 is 9.88 Å². The Morgan fingerprint density at radius 1 is 1.38 bits per heavy atom. The van der Waals surface area contributed by atoms with Gasteiger partial charge in [-0.05, 0) is 53.8 Å². The summed E-state index contributed by atoms with van der Waals surface area (Å²) in [5.74, 6) is -0.149. The summed E-state index contributed by atoms with van der Waals surface area (Å²) in [7, 11) is 0. The summed E-state index contributed by atoms with van der Waals surface area (Å²) in [4.78, 5) is 18.0. The molecule has 1 aliphatic carbocycles. The van der Waals surface area contributed by atoms with Crippen molar-refractivity contribution >= 4 is 28.1 Å². The summed E-state index contributed by atoms with van der Waals surface area (Å²) in [5, 5.41) is 4.94. The maximum Gasteiger partial charge on any atom is 0.227 e. The molecule has 1 aliphatic rings. The summed E-state index contributed by atoms with van der Waals surface area (Å²) >= 11 is 1.65. The molecule has 0 aliphatic heterocycles. The minimum Gasteiger partial charge on any atom is -0.356 e. The Hall–Kier alpha value is -2.14. The normalized spacial score (nSPS) is 14.2. The number of benzene rings is 1. The van der Waals surface area contributed by atoms with Gasteiger partial charge in [-0.1, -0.05) is 12.1 Å². The van der Waals surface area contributed by atoms with Gasteiger partial charge in [0.2, 0.25) is 5.91 Å². The zero-order valence-corrected chi connectivity index (χ0v) is 14.3. The fourth-order valence-electron chi connectivity index (χ4n) is 3.23. The number of carbonyl (C=O) groups is 1. The quantitative estimate of drug-likeness (QED) is 0.732. The Labute approximate surface area is 144 Å². The molecular formula is C19H19FN2OS. The molecule has 1 fully saturated rings. The van der Waals surface area contributed by atoms with E-state index in [9.17, 15) is 9.18 Å². The molecule has 0 atom stereocenters. The molecule has 2 aromatic heterocycles. The van der Waals surface area contributed by atoms with Crippen molar-refractivity contribution in [3.05, 3.63) is 57.7 Å². The number of nitrogens with one attached hydrogen (secondary N) is 1. The first kappa shape index (κ1) is 15.4. The van der Waals surface area contributed by atoms with E-state index in [4.69, 9.17) is 0 Å². The highest BCUT2D eigenvalue weighted by atomic mass is 32.1. The number of fused-ring (bicyclic) bond motifs is 1. The van der Waals surface area contributed by atoms with Crippen LogP contribution in [0.5, 0.6) is 0 Å². The Morgan fingerprint density at radius 2 is 2.21 bits per heavy atom. The molecule has 0 unspecified atom stereocenters. The number of para-hydroxylation sites is 1. The summed E-state index contributed by atoms with van der Waals surface area (Å²) in [6.45, 7) is 2.57. The monoisotopic (exact) mass is 342 g/mol. The average Bonchev–Trinajstić information content (AvgIpc) is 3.17. The topological polar surface area (TPSA) is 36.1 Å². The van der Waals surface area contributed by atoms with Gasteiger partial charge in [0.1, 0.15) is 5.82 Å². The molecule has 0 spiro atoms. The number of aromatic nitrogens is 1. The van der Waals surface area contributed by atoms with Crippen molar-refractivity contribution in [3.63, 3.8) is 0 Å². The molecular weight excluding hydrogens is 323 g/mol. The predicted octanol–water partition coefficient (Wildman–Crippen LogP) is 4.41. The molecule has 1 amide bonds. The third-order valence-electron chi connectivity index (χ3n) is 4.67. The predicted molar refractivity (Wildman–Crippen MR) is 94.6 cm³/mol. The molecule has 4 rings (SSSR count). The van der Waals surface area contributed by atoms with Crippen molar-refractivity contribution in [2.75, 3.05) is 0 Å². The van der Waals surface area contributed by atoms with E-state index in [0.29, 0.717) is 24.5 Å². The number of amides is 1. The molecule has 3 nitrogen and oxygen atoms in total. The molecule has 5 heteroatoms. The molecule has 0 saturated heterocycles. The highest BCUT2D eigenvalue weighted by Crippen LogP contribution is 2.31. The maximum atomic E-state index is 13.9. The fraction of sp³-hybridized carbons (Fsp3) is 0.316. The number of rotatable bonds is 5. The van der Waals surface area contributed by atoms with Crippen molar-refractivity contribution < 1.29 is 9.18 Å². The van der Waals surface area contributed by atoms with Crippen molar-refractivity contribution in [2.45, 2.75) is 38.8 Å². The number of hydrogen-bond acceptors (Lipinski definition) is 2. The first-order valence-corrected chi connectivity index (χ1v) is 9.14. The number of hydrogen-bond donors (Lipinski definition) is 1. The lowest BCUT2D eigenvalue weighted by Crippen LogP contribution is -2.33. The van der Waals surface area contributed by atoms with Crippen LogP contribution in [0.3, 0.4) is 0 Å².